The Bertz CT molecular complexity index is 293. The predicted molar refractivity (Wildman–Crippen MR) is 72.2 cm³/mol. The van der Waals surface area contributed by atoms with Crippen molar-refractivity contribution in [2.24, 2.45) is 29.6 Å². The maximum absolute atomic E-state index is 10.5. The van der Waals surface area contributed by atoms with Crippen LogP contribution < -0.4 is 5.32 Å². The molecule has 18 heavy (non-hydrogen) atoms. The van der Waals surface area contributed by atoms with Crippen molar-refractivity contribution < 1.29 is 5.11 Å². The van der Waals surface area contributed by atoms with Crippen LogP contribution in [0.3, 0.4) is 0 Å². The van der Waals surface area contributed by atoms with E-state index in [2.05, 4.69) is 5.32 Å². The van der Waals surface area contributed by atoms with Crippen LogP contribution in [0.2, 0.25) is 0 Å². The summed E-state index contributed by atoms with van der Waals surface area (Å²) in [6.07, 6.45) is 11.0. The maximum atomic E-state index is 10.5. The molecule has 5 aliphatic rings. The number of aliphatic hydroxyl groups is 1. The molecule has 1 saturated heterocycles. The zero-order valence-corrected chi connectivity index (χ0v) is 11.4. The van der Waals surface area contributed by atoms with Crippen molar-refractivity contribution in [2.45, 2.75) is 57.0 Å². The topological polar surface area (TPSA) is 32.3 Å². The highest BCUT2D eigenvalue weighted by atomic mass is 16.3. The van der Waals surface area contributed by atoms with Gasteiger partial charge in [0, 0.05) is 6.54 Å². The van der Waals surface area contributed by atoms with Gasteiger partial charge in [0.1, 0.15) is 0 Å². The molecule has 0 aromatic heterocycles. The van der Waals surface area contributed by atoms with Crippen LogP contribution in [0.25, 0.3) is 0 Å². The van der Waals surface area contributed by atoms with E-state index in [1.165, 1.54) is 32.1 Å². The van der Waals surface area contributed by atoms with Gasteiger partial charge in [0.25, 0.3) is 0 Å². The molecule has 5 rings (SSSR count). The first kappa shape index (κ1) is 11.7. The molecule has 2 N–H and O–H groups in total. The lowest BCUT2D eigenvalue weighted by atomic mass is 9.51. The van der Waals surface area contributed by atoms with Crippen LogP contribution in [-0.4, -0.2) is 23.8 Å². The van der Waals surface area contributed by atoms with Gasteiger partial charge < -0.3 is 10.4 Å². The highest BCUT2D eigenvalue weighted by Gasteiger charge is 2.48. The normalized spacial score (nSPS) is 54.2. The lowest BCUT2D eigenvalue weighted by Gasteiger charge is -2.55. The Labute approximate surface area is 111 Å². The highest BCUT2D eigenvalue weighted by molar-refractivity contribution is 4.99. The zero-order valence-electron chi connectivity index (χ0n) is 11.4. The van der Waals surface area contributed by atoms with Gasteiger partial charge in [0.05, 0.1) is 5.60 Å². The summed E-state index contributed by atoms with van der Waals surface area (Å²) in [4.78, 5) is 0. The summed E-state index contributed by atoms with van der Waals surface area (Å²) in [6.45, 7) is 1.85. The van der Waals surface area contributed by atoms with Crippen molar-refractivity contribution in [1.82, 2.24) is 5.32 Å². The van der Waals surface area contributed by atoms with Crippen molar-refractivity contribution >= 4 is 0 Å². The molecule has 0 aromatic rings. The Hall–Kier alpha value is -0.0800. The van der Waals surface area contributed by atoms with Crippen molar-refractivity contribution in [3.05, 3.63) is 0 Å². The number of hydrogen-bond donors (Lipinski definition) is 2. The molecule has 1 aliphatic heterocycles. The van der Waals surface area contributed by atoms with Crippen LogP contribution >= 0.6 is 0 Å². The molecule has 1 unspecified atom stereocenters. The first-order chi connectivity index (χ1) is 8.72. The van der Waals surface area contributed by atoms with Gasteiger partial charge in [-0.2, -0.15) is 0 Å². The summed E-state index contributed by atoms with van der Waals surface area (Å²) in [7, 11) is 0. The lowest BCUT2D eigenvalue weighted by Crippen LogP contribution is -2.45. The van der Waals surface area contributed by atoms with Gasteiger partial charge in [0.2, 0.25) is 0 Å². The van der Waals surface area contributed by atoms with Crippen molar-refractivity contribution in [3.8, 4) is 0 Å². The standard InChI is InChI=1S/C16H27NO/c18-16(3-4-17-10-16)2-1-15-13-6-11-5-12(8-13)9-14(15)7-11/h11-15,17-18H,1-10H2. The van der Waals surface area contributed by atoms with E-state index >= 15 is 0 Å². The molecule has 102 valence electrons. The molecule has 5 fully saturated rings. The van der Waals surface area contributed by atoms with E-state index in [0.717, 1.165) is 55.5 Å². The molecule has 4 saturated carbocycles. The van der Waals surface area contributed by atoms with Crippen LogP contribution in [0.5, 0.6) is 0 Å². The van der Waals surface area contributed by atoms with Crippen LogP contribution in [0.4, 0.5) is 0 Å². The summed E-state index contributed by atoms with van der Waals surface area (Å²) in [6, 6.07) is 0. The van der Waals surface area contributed by atoms with E-state index in [4.69, 9.17) is 0 Å². The third-order valence-corrected chi connectivity index (χ3v) is 6.59. The Balaban J connectivity index is 1.40. The fourth-order valence-electron chi connectivity index (χ4n) is 5.89. The molecule has 0 radical (unpaired) electrons. The van der Waals surface area contributed by atoms with Crippen LogP contribution in [-0.2, 0) is 0 Å². The minimum atomic E-state index is -0.366. The third-order valence-electron chi connectivity index (χ3n) is 6.59. The minimum absolute atomic E-state index is 0.366. The van der Waals surface area contributed by atoms with Crippen molar-refractivity contribution in [3.63, 3.8) is 0 Å². The number of β-amino-alcohol motifs (C(OH)–C–C–N with tert-alkyl or cyclic N) is 1. The SMILES string of the molecule is OC1(CCC2C3CC4CC(C3)CC2C4)CCNC1. The predicted octanol–water partition coefficient (Wildman–Crippen LogP) is 2.56. The average molecular weight is 249 g/mol. The maximum Gasteiger partial charge on any atom is 0.0783 e. The molecule has 1 atom stereocenters. The quantitative estimate of drug-likeness (QED) is 0.805. The van der Waals surface area contributed by atoms with E-state index in [9.17, 15) is 5.11 Å². The number of hydrogen-bond acceptors (Lipinski definition) is 2. The first-order valence-electron chi connectivity index (χ1n) is 8.15. The molecule has 4 aliphatic carbocycles. The molecule has 2 nitrogen and oxygen atoms in total. The molecular formula is C16H27NO. The Morgan fingerprint density at radius 1 is 1.00 bits per heavy atom. The van der Waals surface area contributed by atoms with Crippen molar-refractivity contribution in [2.75, 3.05) is 13.1 Å². The van der Waals surface area contributed by atoms with Crippen LogP contribution in [0.15, 0.2) is 0 Å². The Kier molecular flexibility index (Phi) is 2.74. The van der Waals surface area contributed by atoms with E-state index < -0.39 is 0 Å². The van der Waals surface area contributed by atoms with Crippen molar-refractivity contribution in [1.29, 1.82) is 0 Å². The molecule has 1 heterocycles. The van der Waals surface area contributed by atoms with Crippen LogP contribution in [0, 0.1) is 29.6 Å². The summed E-state index contributed by atoms with van der Waals surface area (Å²) >= 11 is 0. The van der Waals surface area contributed by atoms with Gasteiger partial charge in [-0.25, -0.2) is 0 Å². The number of nitrogens with one attached hydrogen (secondary N) is 1. The van der Waals surface area contributed by atoms with Gasteiger partial charge >= 0.3 is 0 Å². The fourth-order valence-corrected chi connectivity index (χ4v) is 5.89. The Morgan fingerprint density at radius 3 is 2.22 bits per heavy atom. The lowest BCUT2D eigenvalue weighted by molar-refractivity contribution is -0.0509. The largest absolute Gasteiger partial charge is 0.389 e. The second kappa shape index (κ2) is 4.21. The highest BCUT2D eigenvalue weighted by Crippen LogP contribution is 2.57. The van der Waals surface area contributed by atoms with Crippen LogP contribution in [0.1, 0.15) is 51.4 Å². The van der Waals surface area contributed by atoms with Gasteiger partial charge in [0.15, 0.2) is 0 Å². The van der Waals surface area contributed by atoms with Gasteiger partial charge in [-0.05, 0) is 87.5 Å². The molecule has 0 aromatic carbocycles. The van der Waals surface area contributed by atoms with E-state index in [1.807, 2.05) is 0 Å². The average Bonchev–Trinajstić information content (AvgIpc) is 2.75. The zero-order chi connectivity index (χ0) is 12.2. The summed E-state index contributed by atoms with van der Waals surface area (Å²) in [5, 5.41) is 13.8. The second-order valence-electron chi connectivity index (χ2n) is 7.78. The molecule has 2 heteroatoms. The molecule has 4 bridgehead atoms. The third kappa shape index (κ3) is 1.92. The minimum Gasteiger partial charge on any atom is -0.389 e. The number of rotatable bonds is 3. The van der Waals surface area contributed by atoms with E-state index in [1.54, 1.807) is 6.42 Å². The van der Waals surface area contributed by atoms with Gasteiger partial charge in [-0.1, -0.05) is 0 Å². The Morgan fingerprint density at radius 2 is 1.67 bits per heavy atom. The van der Waals surface area contributed by atoms with Gasteiger partial charge in [-0.15, -0.1) is 0 Å². The molecule has 0 amide bonds. The summed E-state index contributed by atoms with van der Waals surface area (Å²) in [5.41, 5.74) is -0.366. The fraction of sp³-hybridized carbons (Fsp3) is 1.00. The molecule has 0 spiro atoms. The summed E-state index contributed by atoms with van der Waals surface area (Å²) in [5.74, 6) is 5.18. The van der Waals surface area contributed by atoms with E-state index in [-0.39, 0.29) is 5.60 Å². The van der Waals surface area contributed by atoms with Gasteiger partial charge in [-0.3, -0.25) is 0 Å². The monoisotopic (exact) mass is 249 g/mol. The smallest absolute Gasteiger partial charge is 0.0783 e. The summed E-state index contributed by atoms with van der Waals surface area (Å²) < 4.78 is 0. The van der Waals surface area contributed by atoms with E-state index in [0.29, 0.717) is 0 Å². The molecular weight excluding hydrogens is 222 g/mol. The second-order valence-corrected chi connectivity index (χ2v) is 7.78. The first-order valence-corrected chi connectivity index (χ1v) is 8.15.